The maximum Gasteiger partial charge on any atom is 0.261 e. The van der Waals surface area contributed by atoms with Crippen molar-refractivity contribution in [1.29, 1.82) is 0 Å². The summed E-state index contributed by atoms with van der Waals surface area (Å²) in [4.78, 5) is 68.7. The number of aliphatic hydroxyl groups is 3. The van der Waals surface area contributed by atoms with E-state index in [0.29, 0.717) is 12.0 Å². The van der Waals surface area contributed by atoms with Crippen LogP contribution in [0.5, 0.6) is 5.75 Å². The van der Waals surface area contributed by atoms with Crippen molar-refractivity contribution in [3.8, 4) is 5.75 Å². The molecule has 47 heavy (non-hydrogen) atoms. The zero-order valence-corrected chi connectivity index (χ0v) is 26.4. The molecule has 6 N–H and O–H groups in total. The molecule has 0 unspecified atom stereocenters. The highest BCUT2D eigenvalue weighted by Gasteiger charge is 2.64. The van der Waals surface area contributed by atoms with Gasteiger partial charge >= 0.3 is 0 Å². The fourth-order valence-electron chi connectivity index (χ4n) is 7.91. The fourth-order valence-corrected chi connectivity index (χ4v) is 7.91. The Morgan fingerprint density at radius 3 is 2.23 bits per heavy atom. The molecular formula is C35H37N3O9. The molecule has 1 fully saturated rings. The molecule has 0 bridgehead atoms. The first-order valence-corrected chi connectivity index (χ1v) is 15.7. The summed E-state index contributed by atoms with van der Waals surface area (Å²) in [5.74, 6) is -8.34. The van der Waals surface area contributed by atoms with Gasteiger partial charge < -0.3 is 26.2 Å². The van der Waals surface area contributed by atoms with Crippen LogP contribution in [0.15, 0.2) is 47.2 Å². The maximum atomic E-state index is 14.2. The number of carbonyl (C=O) groups excluding carboxylic acids is 5. The summed E-state index contributed by atoms with van der Waals surface area (Å²) in [6, 6.07) is 6.96. The van der Waals surface area contributed by atoms with Gasteiger partial charge in [-0.3, -0.25) is 33.8 Å². The molecule has 2 aromatic rings. The minimum Gasteiger partial charge on any atom is -0.508 e. The molecule has 0 saturated heterocycles. The molecule has 2 aromatic carbocycles. The van der Waals surface area contributed by atoms with Crippen molar-refractivity contribution < 1.29 is 44.4 Å². The molecule has 0 spiro atoms. The molecular weight excluding hydrogens is 606 g/mol. The number of nitrogens with two attached hydrogens (primary N) is 1. The number of amides is 3. The number of imide groups is 1. The zero-order valence-electron chi connectivity index (χ0n) is 26.4. The number of ketones is 2. The Kier molecular flexibility index (Phi) is 7.84. The van der Waals surface area contributed by atoms with E-state index < -0.39 is 75.6 Å². The number of Topliss-reactive ketones (excluding diaryl/α,β-unsaturated/α-hetero) is 2. The van der Waals surface area contributed by atoms with E-state index in [4.69, 9.17) is 5.73 Å². The lowest BCUT2D eigenvalue weighted by atomic mass is 9.57. The quantitative estimate of drug-likeness (QED) is 0.162. The Hall–Kier alpha value is -4.81. The summed E-state index contributed by atoms with van der Waals surface area (Å²) in [6.45, 7) is 1.76. The van der Waals surface area contributed by atoms with Gasteiger partial charge in [-0.05, 0) is 75.0 Å². The third kappa shape index (κ3) is 4.61. The SMILES string of the molecule is CCCCCc1cc(CN2C(=O)c3ccccc3C2=O)c(O)c2c1C[C@H]1C[C@H]3[C@H](N(C)C)C(=O)C(C(N)=O)=C(O)[C@@]3(O)C(=O)C1=C2O. The molecule has 6 rings (SSSR count). The lowest BCUT2D eigenvalue weighted by Crippen LogP contribution is -2.65. The summed E-state index contributed by atoms with van der Waals surface area (Å²) in [5, 5.41) is 46.5. The van der Waals surface area contributed by atoms with Gasteiger partial charge in [-0.1, -0.05) is 31.9 Å². The topological polar surface area (TPSA) is 199 Å². The van der Waals surface area contributed by atoms with Crippen molar-refractivity contribution in [3.63, 3.8) is 0 Å². The molecule has 1 saturated carbocycles. The Balaban J connectivity index is 1.50. The van der Waals surface area contributed by atoms with Gasteiger partial charge in [0.25, 0.3) is 17.7 Å². The highest BCUT2D eigenvalue weighted by atomic mass is 16.3. The summed E-state index contributed by atoms with van der Waals surface area (Å²) in [6.07, 6.45) is 3.30. The van der Waals surface area contributed by atoms with Crippen LogP contribution in [-0.4, -0.2) is 85.3 Å². The molecule has 0 radical (unpaired) electrons. The van der Waals surface area contributed by atoms with Gasteiger partial charge in [-0.25, -0.2) is 0 Å². The average molecular weight is 644 g/mol. The molecule has 3 aliphatic carbocycles. The molecule has 12 nitrogen and oxygen atoms in total. The normalized spacial score (nSPS) is 25.3. The number of likely N-dealkylation sites (N-methyl/N-ethyl adjacent to an activating group) is 1. The second kappa shape index (κ2) is 11.5. The third-order valence-corrected chi connectivity index (χ3v) is 10.1. The Morgan fingerprint density at radius 2 is 1.66 bits per heavy atom. The van der Waals surface area contributed by atoms with E-state index in [9.17, 15) is 44.4 Å². The van der Waals surface area contributed by atoms with Crippen LogP contribution in [0.2, 0.25) is 0 Å². The van der Waals surface area contributed by atoms with Crippen LogP contribution in [-0.2, 0) is 33.8 Å². The van der Waals surface area contributed by atoms with Gasteiger partial charge in [0.2, 0.25) is 5.78 Å². The van der Waals surface area contributed by atoms with Crippen LogP contribution in [0.3, 0.4) is 0 Å². The number of nitrogens with zero attached hydrogens (tertiary/aromatic N) is 2. The van der Waals surface area contributed by atoms with Crippen LogP contribution in [0.25, 0.3) is 5.76 Å². The molecule has 246 valence electrons. The molecule has 3 amide bonds. The first-order chi connectivity index (χ1) is 22.2. The first-order valence-electron chi connectivity index (χ1n) is 15.7. The van der Waals surface area contributed by atoms with Gasteiger partial charge in [-0.15, -0.1) is 0 Å². The van der Waals surface area contributed by atoms with E-state index in [1.807, 2.05) is 0 Å². The second-order valence-corrected chi connectivity index (χ2v) is 13.1. The van der Waals surface area contributed by atoms with Crippen molar-refractivity contribution in [2.24, 2.45) is 17.6 Å². The van der Waals surface area contributed by atoms with Crippen molar-refractivity contribution in [3.05, 3.63) is 80.6 Å². The Bertz CT molecular complexity index is 1810. The molecule has 0 aromatic heterocycles. The van der Waals surface area contributed by atoms with Crippen LogP contribution in [0, 0.1) is 11.8 Å². The number of benzene rings is 2. The van der Waals surface area contributed by atoms with Crippen LogP contribution in [0.4, 0.5) is 0 Å². The predicted octanol–water partition coefficient (Wildman–Crippen LogP) is 2.49. The van der Waals surface area contributed by atoms with E-state index in [2.05, 4.69) is 6.92 Å². The molecule has 4 aliphatic rings. The minimum atomic E-state index is -2.75. The van der Waals surface area contributed by atoms with Gasteiger partial charge in [-0.2, -0.15) is 0 Å². The van der Waals surface area contributed by atoms with Gasteiger partial charge in [0.1, 0.15) is 22.8 Å². The van der Waals surface area contributed by atoms with E-state index in [-0.39, 0.29) is 47.2 Å². The molecule has 1 heterocycles. The Labute approximate surface area is 270 Å². The number of unbranched alkanes of at least 4 members (excludes halogenated alkanes) is 2. The van der Waals surface area contributed by atoms with Gasteiger partial charge in [0.15, 0.2) is 11.4 Å². The number of aryl methyl sites for hydroxylation is 1. The summed E-state index contributed by atoms with van der Waals surface area (Å²) in [5.41, 5.74) is 3.48. The summed E-state index contributed by atoms with van der Waals surface area (Å²) in [7, 11) is 3.10. The van der Waals surface area contributed by atoms with Crippen molar-refractivity contribution in [2.45, 2.75) is 63.6 Å². The van der Waals surface area contributed by atoms with Crippen LogP contribution >= 0.6 is 0 Å². The largest absolute Gasteiger partial charge is 0.508 e. The van der Waals surface area contributed by atoms with E-state index in [1.54, 1.807) is 44.4 Å². The zero-order chi connectivity index (χ0) is 34.1. The number of aromatic hydroxyl groups is 1. The van der Waals surface area contributed by atoms with E-state index in [0.717, 1.165) is 29.7 Å². The van der Waals surface area contributed by atoms with Gasteiger partial charge in [0, 0.05) is 17.1 Å². The first kappa shape index (κ1) is 32.1. The highest BCUT2D eigenvalue weighted by Crippen LogP contribution is 2.53. The summed E-state index contributed by atoms with van der Waals surface area (Å²) >= 11 is 0. The van der Waals surface area contributed by atoms with Crippen molar-refractivity contribution in [1.82, 2.24) is 9.80 Å². The number of primary amides is 1. The lowest BCUT2D eigenvalue weighted by molar-refractivity contribution is -0.153. The number of phenols is 1. The van der Waals surface area contributed by atoms with Crippen molar-refractivity contribution in [2.75, 3.05) is 14.1 Å². The highest BCUT2D eigenvalue weighted by molar-refractivity contribution is 6.24. The third-order valence-electron chi connectivity index (χ3n) is 10.1. The van der Waals surface area contributed by atoms with Crippen molar-refractivity contribution >= 4 is 35.0 Å². The number of carbonyl (C=O) groups is 5. The lowest BCUT2D eigenvalue weighted by Gasteiger charge is -2.50. The maximum absolute atomic E-state index is 14.2. The molecule has 4 atom stereocenters. The standard InChI is InChI=1S/C35H37N3O9/c1-4-5-6-9-16-12-18(15-38-33(45)19-10-7-8-11-20(19)34(38)46)27(39)24-21(16)13-17-14-22-26(37(2)3)29(41)25(32(36)44)31(43)35(22,47)30(42)23(17)28(24)40/h7-8,10-12,17,22,26,39-40,43,47H,4-6,9,13-15H2,1-3H3,(H2,36,44)/t17-,22-,26-,35-/m0/s1. The minimum absolute atomic E-state index is 0.0162. The number of hydrogen-bond acceptors (Lipinski definition) is 10. The van der Waals surface area contributed by atoms with Crippen LogP contribution < -0.4 is 5.73 Å². The number of hydrogen-bond donors (Lipinski definition) is 5. The number of phenolic OH excluding ortho intramolecular Hbond substituents is 1. The number of fused-ring (bicyclic) bond motifs is 4. The van der Waals surface area contributed by atoms with Crippen LogP contribution in [0.1, 0.15) is 75.6 Å². The summed E-state index contributed by atoms with van der Waals surface area (Å²) < 4.78 is 0. The molecule has 1 aliphatic heterocycles. The second-order valence-electron chi connectivity index (χ2n) is 13.1. The predicted molar refractivity (Wildman–Crippen MR) is 168 cm³/mol. The average Bonchev–Trinajstić information content (AvgIpc) is 3.25. The smallest absolute Gasteiger partial charge is 0.261 e. The Morgan fingerprint density at radius 1 is 1.02 bits per heavy atom. The number of aliphatic hydroxyl groups excluding tert-OH is 2. The number of rotatable bonds is 8. The molecule has 12 heteroatoms. The van der Waals surface area contributed by atoms with E-state index >= 15 is 0 Å². The van der Waals surface area contributed by atoms with E-state index in [1.165, 1.54) is 4.90 Å². The monoisotopic (exact) mass is 643 g/mol. The fraction of sp³-hybridized carbons (Fsp3) is 0.400. The van der Waals surface area contributed by atoms with Gasteiger partial charge in [0.05, 0.1) is 29.3 Å².